The monoisotopic (exact) mass is 462 g/mol. The summed E-state index contributed by atoms with van der Waals surface area (Å²) in [4.78, 5) is 31.6. The van der Waals surface area contributed by atoms with Crippen molar-refractivity contribution in [3.8, 4) is 12.3 Å². The molecule has 7 nitrogen and oxygen atoms in total. The first kappa shape index (κ1) is 26.6. The minimum atomic E-state index is -0.938. The fourth-order valence-corrected chi connectivity index (χ4v) is 3.70. The first-order chi connectivity index (χ1) is 16.1. The van der Waals surface area contributed by atoms with E-state index in [4.69, 9.17) is 0 Å². The van der Waals surface area contributed by atoms with Crippen molar-refractivity contribution in [2.45, 2.75) is 53.1 Å². The Morgan fingerprint density at radius 1 is 1.29 bits per heavy atom. The number of carbonyl (C=O) groups is 2. The molecule has 1 aliphatic rings. The highest BCUT2D eigenvalue weighted by molar-refractivity contribution is 6.07. The second-order valence-corrected chi connectivity index (χ2v) is 8.76. The van der Waals surface area contributed by atoms with Crippen LogP contribution in [0.3, 0.4) is 0 Å². The Balaban J connectivity index is 0.00000129. The van der Waals surface area contributed by atoms with Gasteiger partial charge >= 0.3 is 0 Å². The molecule has 1 heterocycles. The summed E-state index contributed by atoms with van der Waals surface area (Å²) in [7, 11) is 0. The van der Waals surface area contributed by atoms with Crippen LogP contribution in [0.25, 0.3) is 5.57 Å². The fraction of sp³-hybridized carbons (Fsp3) is 0.370. The minimum absolute atomic E-state index is 0.0152. The maximum atomic E-state index is 13.1. The number of fused-ring (bicyclic) bond motifs is 1. The largest absolute Gasteiger partial charge is 0.390 e. The highest BCUT2D eigenvalue weighted by atomic mass is 16.3. The number of benzene rings is 1. The number of anilines is 2. The van der Waals surface area contributed by atoms with Gasteiger partial charge in [0, 0.05) is 30.9 Å². The number of ketones is 1. The fourth-order valence-electron chi connectivity index (χ4n) is 3.70. The number of aliphatic hydroxyl groups is 1. The maximum absolute atomic E-state index is 13.1. The number of carbonyl (C=O) groups excluding carboxylic acids is 2. The lowest BCUT2D eigenvalue weighted by molar-refractivity contribution is -0.118. The summed E-state index contributed by atoms with van der Waals surface area (Å²) in [5.74, 6) is 1.98. The van der Waals surface area contributed by atoms with Gasteiger partial charge in [-0.05, 0) is 63.8 Å². The number of nitrogens with zero attached hydrogens (tertiary/aromatic N) is 1. The molecule has 2 aromatic rings. The van der Waals surface area contributed by atoms with Gasteiger partial charge in [0.15, 0.2) is 5.78 Å². The first-order valence-electron chi connectivity index (χ1n) is 11.2. The molecular formula is C27H34N4O3. The lowest BCUT2D eigenvalue weighted by Crippen LogP contribution is -2.37. The van der Waals surface area contributed by atoms with Crippen molar-refractivity contribution in [1.29, 1.82) is 0 Å². The van der Waals surface area contributed by atoms with Crippen molar-refractivity contribution in [3.05, 3.63) is 53.4 Å². The van der Waals surface area contributed by atoms with Crippen LogP contribution in [0, 0.1) is 18.3 Å². The number of allylic oxidation sites excluding steroid dienone is 2. The van der Waals surface area contributed by atoms with E-state index in [0.717, 1.165) is 28.3 Å². The van der Waals surface area contributed by atoms with E-state index in [2.05, 4.69) is 33.0 Å². The van der Waals surface area contributed by atoms with E-state index >= 15 is 0 Å². The van der Waals surface area contributed by atoms with Gasteiger partial charge in [0.05, 0.1) is 22.5 Å². The number of nitrogens with one attached hydrogen (secondary N) is 3. The summed E-state index contributed by atoms with van der Waals surface area (Å²) in [6, 6.07) is 9.71. The van der Waals surface area contributed by atoms with Gasteiger partial charge in [0.2, 0.25) is 5.91 Å². The second kappa shape index (κ2) is 12.0. The molecule has 1 amide bonds. The highest BCUT2D eigenvalue weighted by Gasteiger charge is 2.37. The molecule has 3 rings (SSSR count). The summed E-state index contributed by atoms with van der Waals surface area (Å²) in [6.07, 6.45) is 8.97. The van der Waals surface area contributed by atoms with Crippen LogP contribution in [0.15, 0.2) is 41.4 Å². The maximum Gasteiger partial charge on any atom is 0.218 e. The van der Waals surface area contributed by atoms with Gasteiger partial charge in [0.25, 0.3) is 0 Å². The molecule has 180 valence electrons. The lowest BCUT2D eigenvalue weighted by Gasteiger charge is -2.31. The normalized spacial score (nSPS) is 15.7. The molecule has 7 heteroatoms. The summed E-state index contributed by atoms with van der Waals surface area (Å²) >= 11 is 0. The number of aliphatic imine (C=N–C) groups is 1. The molecule has 0 saturated heterocycles. The van der Waals surface area contributed by atoms with E-state index in [0.29, 0.717) is 18.4 Å². The van der Waals surface area contributed by atoms with Crippen molar-refractivity contribution < 1.29 is 14.7 Å². The molecule has 0 spiro atoms. The van der Waals surface area contributed by atoms with Crippen molar-refractivity contribution in [2.24, 2.45) is 10.9 Å². The SMILES string of the molecule is C#CC.CC(=O)NC/N=C\C=C(/C)c1[nH]c2c(c1Nc1ccccc1)C(=O)CC(C(C)(C)O)C2. The van der Waals surface area contributed by atoms with E-state index in [1.54, 1.807) is 27.0 Å². The zero-order chi connectivity index (χ0) is 25.3. The van der Waals surface area contributed by atoms with E-state index in [9.17, 15) is 14.7 Å². The number of rotatable bonds is 7. The van der Waals surface area contributed by atoms with Crippen molar-refractivity contribution in [1.82, 2.24) is 10.3 Å². The number of Topliss-reactive ketones (excluding diaryl/α,β-unsaturated/α-hetero) is 1. The lowest BCUT2D eigenvalue weighted by atomic mass is 9.77. The molecule has 1 atom stereocenters. The number of para-hydroxylation sites is 1. The molecule has 0 bridgehead atoms. The van der Waals surface area contributed by atoms with Crippen LogP contribution < -0.4 is 10.6 Å². The second-order valence-electron chi connectivity index (χ2n) is 8.76. The quantitative estimate of drug-likeness (QED) is 0.359. The van der Waals surface area contributed by atoms with Gasteiger partial charge in [0.1, 0.15) is 6.67 Å². The standard InChI is InChI=1S/C24H30N4O3.C3H4/c1-15(10-11-25-14-26-16(2)29)22-23(27-18-8-6-5-7-9-18)21-19(28-22)12-17(13-20(21)30)24(3,4)31;1-3-2/h5-11,17,27-28,31H,12-14H2,1-4H3,(H,26,29);1H,2H3/b15-10+,25-11-;. The topological polar surface area (TPSA) is 107 Å². The Morgan fingerprint density at radius 2 is 1.94 bits per heavy atom. The van der Waals surface area contributed by atoms with E-state index in [1.165, 1.54) is 6.92 Å². The van der Waals surface area contributed by atoms with Crippen LogP contribution in [-0.4, -0.2) is 40.3 Å². The van der Waals surface area contributed by atoms with E-state index < -0.39 is 5.60 Å². The Bertz CT molecular complexity index is 1100. The Hall–Kier alpha value is -3.63. The Morgan fingerprint density at radius 3 is 2.53 bits per heavy atom. The predicted molar refractivity (Wildman–Crippen MR) is 138 cm³/mol. The van der Waals surface area contributed by atoms with Gasteiger partial charge in [-0.2, -0.15) is 0 Å². The molecule has 1 aliphatic carbocycles. The number of aromatic amines is 1. The van der Waals surface area contributed by atoms with Crippen molar-refractivity contribution in [2.75, 3.05) is 12.0 Å². The smallest absolute Gasteiger partial charge is 0.218 e. The van der Waals surface area contributed by atoms with Crippen LogP contribution in [0.1, 0.15) is 62.8 Å². The molecule has 1 unspecified atom stereocenters. The number of aromatic nitrogens is 1. The molecule has 34 heavy (non-hydrogen) atoms. The Labute approximate surface area is 201 Å². The van der Waals surface area contributed by atoms with Crippen LogP contribution >= 0.6 is 0 Å². The molecule has 0 radical (unpaired) electrons. The number of hydrogen-bond acceptors (Lipinski definition) is 5. The van der Waals surface area contributed by atoms with Crippen LogP contribution in [0.5, 0.6) is 0 Å². The first-order valence-corrected chi connectivity index (χ1v) is 11.2. The molecule has 4 N–H and O–H groups in total. The summed E-state index contributed by atoms with van der Waals surface area (Å²) in [6.45, 7) is 8.75. The molecule has 0 saturated carbocycles. The molecule has 0 fully saturated rings. The highest BCUT2D eigenvalue weighted by Crippen LogP contribution is 2.40. The number of terminal acetylenes is 1. The van der Waals surface area contributed by atoms with E-state index in [-0.39, 0.29) is 24.3 Å². The summed E-state index contributed by atoms with van der Waals surface area (Å²) < 4.78 is 0. The van der Waals surface area contributed by atoms with Crippen molar-refractivity contribution in [3.63, 3.8) is 0 Å². The van der Waals surface area contributed by atoms with Crippen LogP contribution in [0.2, 0.25) is 0 Å². The average Bonchev–Trinajstić information content (AvgIpc) is 3.13. The molecule has 0 aliphatic heterocycles. The number of amides is 1. The summed E-state index contributed by atoms with van der Waals surface area (Å²) in [5.41, 5.74) is 3.88. The zero-order valence-electron chi connectivity index (χ0n) is 20.5. The Kier molecular flexibility index (Phi) is 9.40. The van der Waals surface area contributed by atoms with Gasteiger partial charge < -0.3 is 20.7 Å². The number of H-pyrrole nitrogens is 1. The van der Waals surface area contributed by atoms with Crippen LogP contribution in [0.4, 0.5) is 11.4 Å². The van der Waals surface area contributed by atoms with Gasteiger partial charge in [-0.25, -0.2) is 0 Å². The van der Waals surface area contributed by atoms with Gasteiger partial charge in [-0.1, -0.05) is 18.2 Å². The summed E-state index contributed by atoms with van der Waals surface area (Å²) in [5, 5.41) is 16.5. The molecular weight excluding hydrogens is 428 g/mol. The van der Waals surface area contributed by atoms with Gasteiger partial charge in [-0.3, -0.25) is 14.6 Å². The third kappa shape index (κ3) is 7.19. The molecule has 1 aromatic heterocycles. The van der Waals surface area contributed by atoms with Gasteiger partial charge in [-0.15, -0.1) is 12.3 Å². The minimum Gasteiger partial charge on any atom is -0.390 e. The molecule has 1 aromatic carbocycles. The zero-order valence-corrected chi connectivity index (χ0v) is 20.5. The average molecular weight is 463 g/mol. The third-order valence-electron chi connectivity index (χ3n) is 5.52. The third-order valence-corrected chi connectivity index (χ3v) is 5.52. The predicted octanol–water partition coefficient (Wildman–Crippen LogP) is 4.48. The van der Waals surface area contributed by atoms with E-state index in [1.807, 2.05) is 43.3 Å². The van der Waals surface area contributed by atoms with Crippen molar-refractivity contribution >= 4 is 34.9 Å². The van der Waals surface area contributed by atoms with Crippen LogP contribution in [-0.2, 0) is 11.2 Å². The number of hydrogen-bond donors (Lipinski definition) is 4.